The summed E-state index contributed by atoms with van der Waals surface area (Å²) < 4.78 is 26.9. The summed E-state index contributed by atoms with van der Waals surface area (Å²) in [5.41, 5.74) is 3.44. The summed E-state index contributed by atoms with van der Waals surface area (Å²) in [5, 5.41) is 4.73. The molecule has 0 saturated carbocycles. The highest BCUT2D eigenvalue weighted by Crippen LogP contribution is 2.23. The van der Waals surface area contributed by atoms with Crippen LogP contribution in [0.5, 0.6) is 0 Å². The predicted octanol–water partition coefficient (Wildman–Crippen LogP) is 1.76. The van der Waals surface area contributed by atoms with Crippen LogP contribution >= 0.6 is 11.6 Å². The Balaban J connectivity index is 2.99. The topological polar surface area (TPSA) is 55.9 Å². The van der Waals surface area contributed by atoms with Gasteiger partial charge in [-0.15, -0.1) is 0 Å². The Morgan fingerprint density at radius 3 is 2.53 bits per heavy atom. The average molecular weight is 267 g/mol. The molecule has 1 aromatic rings. The van der Waals surface area contributed by atoms with Crippen LogP contribution in [0.4, 0.5) is 8.78 Å². The molecule has 3 N–H and O–H groups in total. The Bertz CT molecular complexity index is 367. The van der Waals surface area contributed by atoms with Crippen molar-refractivity contribution in [2.24, 2.45) is 5.84 Å². The van der Waals surface area contributed by atoms with Gasteiger partial charge in [0, 0.05) is 13.0 Å². The molecule has 1 heterocycles. The van der Waals surface area contributed by atoms with Crippen molar-refractivity contribution in [3.63, 3.8) is 0 Å². The van der Waals surface area contributed by atoms with E-state index in [1.165, 1.54) is 0 Å². The van der Waals surface area contributed by atoms with Gasteiger partial charge in [-0.25, -0.2) is 8.78 Å². The molecule has 1 unspecified atom stereocenters. The van der Waals surface area contributed by atoms with Crippen LogP contribution in [0.15, 0.2) is 0 Å². The lowest BCUT2D eigenvalue weighted by Crippen LogP contribution is -2.42. The van der Waals surface area contributed by atoms with Crippen LogP contribution in [0.2, 0.25) is 5.02 Å². The molecule has 0 aliphatic carbocycles. The highest BCUT2D eigenvalue weighted by molar-refractivity contribution is 6.31. The molecule has 0 aromatic carbocycles. The number of hydrogen-bond donors (Lipinski definition) is 2. The van der Waals surface area contributed by atoms with Crippen LogP contribution in [-0.2, 0) is 19.4 Å². The van der Waals surface area contributed by atoms with Crippen molar-refractivity contribution >= 4 is 11.6 Å². The monoisotopic (exact) mass is 266 g/mol. The smallest absolute Gasteiger partial charge is 0.255 e. The first-order valence-corrected chi connectivity index (χ1v) is 5.91. The molecular weight excluding hydrogens is 250 g/mol. The van der Waals surface area contributed by atoms with E-state index in [-0.39, 0.29) is 6.42 Å². The van der Waals surface area contributed by atoms with Gasteiger partial charge in [-0.3, -0.25) is 16.0 Å². The minimum absolute atomic E-state index is 0.0633. The molecule has 0 radical (unpaired) electrons. The van der Waals surface area contributed by atoms with E-state index in [2.05, 4.69) is 10.5 Å². The number of alkyl halides is 2. The van der Waals surface area contributed by atoms with Gasteiger partial charge in [0.1, 0.15) is 0 Å². The number of nitrogens with zero attached hydrogens (tertiary/aromatic N) is 2. The molecule has 1 atom stereocenters. The van der Waals surface area contributed by atoms with Gasteiger partial charge in [0.05, 0.1) is 22.5 Å². The molecule has 17 heavy (non-hydrogen) atoms. The van der Waals surface area contributed by atoms with Crippen LogP contribution in [0.25, 0.3) is 0 Å². The molecule has 0 aliphatic heterocycles. The van der Waals surface area contributed by atoms with Crippen molar-refractivity contribution in [1.82, 2.24) is 15.2 Å². The number of aromatic nitrogens is 2. The van der Waals surface area contributed by atoms with E-state index in [0.29, 0.717) is 23.7 Å². The van der Waals surface area contributed by atoms with Gasteiger partial charge in [0.25, 0.3) is 6.43 Å². The summed E-state index contributed by atoms with van der Waals surface area (Å²) in [5.74, 6) is 5.10. The predicted molar refractivity (Wildman–Crippen MR) is 63.1 cm³/mol. The zero-order valence-electron chi connectivity index (χ0n) is 9.88. The van der Waals surface area contributed by atoms with Crippen molar-refractivity contribution in [2.45, 2.75) is 45.7 Å². The van der Waals surface area contributed by atoms with Crippen LogP contribution in [0, 0.1) is 0 Å². The van der Waals surface area contributed by atoms with Crippen molar-refractivity contribution < 1.29 is 8.78 Å². The molecule has 0 spiro atoms. The third kappa shape index (κ3) is 3.14. The molecular formula is C10H17ClF2N4. The first-order chi connectivity index (χ1) is 8.04. The van der Waals surface area contributed by atoms with Crippen molar-refractivity contribution in [1.29, 1.82) is 0 Å². The van der Waals surface area contributed by atoms with Gasteiger partial charge >= 0.3 is 0 Å². The van der Waals surface area contributed by atoms with Gasteiger partial charge in [-0.2, -0.15) is 5.10 Å². The SMILES string of the molecule is CCc1nn(CC)c(CC(NN)C(F)F)c1Cl. The first-order valence-electron chi connectivity index (χ1n) is 5.53. The van der Waals surface area contributed by atoms with E-state index in [4.69, 9.17) is 17.4 Å². The quantitative estimate of drug-likeness (QED) is 0.609. The number of rotatable bonds is 6. The van der Waals surface area contributed by atoms with Gasteiger partial charge in [0.15, 0.2) is 0 Å². The average Bonchev–Trinajstić information content (AvgIpc) is 2.62. The standard InChI is InChI=1S/C10H17ClF2N4/c1-3-6-9(11)8(17(4-2)16-6)5-7(15-14)10(12)13/h7,10,15H,3-5,14H2,1-2H3. The maximum atomic E-state index is 12.6. The van der Waals surface area contributed by atoms with E-state index < -0.39 is 12.5 Å². The fourth-order valence-electron chi connectivity index (χ4n) is 1.64. The summed E-state index contributed by atoms with van der Waals surface area (Å²) in [7, 11) is 0. The minimum atomic E-state index is -2.54. The van der Waals surface area contributed by atoms with E-state index in [1.807, 2.05) is 13.8 Å². The van der Waals surface area contributed by atoms with Crippen LogP contribution in [0.3, 0.4) is 0 Å². The number of aryl methyl sites for hydroxylation is 2. The molecule has 0 fully saturated rings. The fraction of sp³-hybridized carbons (Fsp3) is 0.700. The van der Waals surface area contributed by atoms with Crippen LogP contribution < -0.4 is 11.3 Å². The second-order valence-electron chi connectivity index (χ2n) is 3.69. The summed E-state index contributed by atoms with van der Waals surface area (Å²) in [6, 6.07) is -1.11. The zero-order valence-corrected chi connectivity index (χ0v) is 10.6. The van der Waals surface area contributed by atoms with Crippen molar-refractivity contribution in [2.75, 3.05) is 0 Å². The number of halogens is 3. The van der Waals surface area contributed by atoms with Crippen molar-refractivity contribution in [3.05, 3.63) is 16.4 Å². The normalized spacial score (nSPS) is 13.4. The Kier molecular flexibility index (Phi) is 5.30. The number of nitrogens with two attached hydrogens (primary N) is 1. The molecule has 98 valence electrons. The Hall–Kier alpha value is -0.720. The maximum absolute atomic E-state index is 12.6. The molecule has 1 aromatic heterocycles. The third-order valence-corrected chi connectivity index (χ3v) is 3.06. The Morgan fingerprint density at radius 2 is 2.12 bits per heavy atom. The number of hydrogen-bond acceptors (Lipinski definition) is 3. The maximum Gasteiger partial charge on any atom is 0.255 e. The summed E-state index contributed by atoms with van der Waals surface area (Å²) in [6.45, 7) is 4.40. The molecule has 1 rings (SSSR count). The van der Waals surface area contributed by atoms with Gasteiger partial charge in [0.2, 0.25) is 0 Å². The molecule has 0 aliphatic rings. The van der Waals surface area contributed by atoms with Crippen LogP contribution in [-0.4, -0.2) is 22.2 Å². The largest absolute Gasteiger partial charge is 0.271 e. The molecule has 0 bridgehead atoms. The minimum Gasteiger partial charge on any atom is -0.271 e. The molecule has 0 amide bonds. The molecule has 7 heteroatoms. The molecule has 0 saturated heterocycles. The number of nitrogens with one attached hydrogen (secondary N) is 1. The highest BCUT2D eigenvalue weighted by Gasteiger charge is 2.24. The van der Waals surface area contributed by atoms with Gasteiger partial charge in [-0.05, 0) is 13.3 Å². The van der Waals surface area contributed by atoms with Gasteiger partial charge < -0.3 is 0 Å². The second-order valence-corrected chi connectivity index (χ2v) is 4.07. The van der Waals surface area contributed by atoms with E-state index in [1.54, 1.807) is 4.68 Å². The van der Waals surface area contributed by atoms with E-state index in [9.17, 15) is 8.78 Å². The van der Waals surface area contributed by atoms with E-state index >= 15 is 0 Å². The van der Waals surface area contributed by atoms with Crippen LogP contribution in [0.1, 0.15) is 25.2 Å². The third-order valence-electron chi connectivity index (χ3n) is 2.63. The van der Waals surface area contributed by atoms with Gasteiger partial charge in [-0.1, -0.05) is 18.5 Å². The lowest BCUT2D eigenvalue weighted by molar-refractivity contribution is 0.0974. The van der Waals surface area contributed by atoms with E-state index in [0.717, 1.165) is 5.69 Å². The fourth-order valence-corrected chi connectivity index (χ4v) is 1.99. The number of hydrazine groups is 1. The zero-order chi connectivity index (χ0) is 13.0. The highest BCUT2D eigenvalue weighted by atomic mass is 35.5. The lowest BCUT2D eigenvalue weighted by atomic mass is 10.1. The summed E-state index contributed by atoms with van der Waals surface area (Å²) >= 11 is 6.12. The van der Waals surface area contributed by atoms with Crippen molar-refractivity contribution in [3.8, 4) is 0 Å². The Morgan fingerprint density at radius 1 is 1.47 bits per heavy atom. The summed E-state index contributed by atoms with van der Waals surface area (Å²) in [6.07, 6.45) is -1.80. The lowest BCUT2D eigenvalue weighted by Gasteiger charge is -2.15. The first kappa shape index (κ1) is 14.3. The summed E-state index contributed by atoms with van der Waals surface area (Å²) in [4.78, 5) is 0. The second kappa shape index (κ2) is 6.28. The molecule has 4 nitrogen and oxygen atoms in total. The Labute approximate surface area is 104 Å².